The molecule has 1 atom stereocenters. The number of allylic oxidation sites excluding steroid dienone is 1. The molecule has 1 aromatic carbocycles. The van der Waals surface area contributed by atoms with Crippen LogP contribution in [0.1, 0.15) is 25.5 Å². The molecule has 2 rings (SSSR count). The monoisotopic (exact) mass is 338 g/mol. The second-order valence-corrected chi connectivity index (χ2v) is 5.63. The van der Waals surface area contributed by atoms with E-state index in [2.05, 4.69) is 4.98 Å². The van der Waals surface area contributed by atoms with E-state index < -0.39 is 6.10 Å². The molecule has 0 aliphatic carbocycles. The van der Waals surface area contributed by atoms with Gasteiger partial charge in [-0.05, 0) is 26.0 Å². The van der Waals surface area contributed by atoms with Gasteiger partial charge in [-0.25, -0.2) is 9.78 Å². The van der Waals surface area contributed by atoms with Crippen LogP contribution in [0.3, 0.4) is 0 Å². The van der Waals surface area contributed by atoms with Gasteiger partial charge in [-0.3, -0.25) is 0 Å². The number of imidazole rings is 1. The van der Waals surface area contributed by atoms with Crippen LogP contribution < -0.4 is 0 Å². The van der Waals surface area contributed by atoms with E-state index in [9.17, 15) is 4.79 Å². The number of benzene rings is 1. The second kappa shape index (κ2) is 7.47. The number of nitrogens with zero attached hydrogens (tertiary/aromatic N) is 2. The molecule has 0 amide bonds. The fraction of sp³-hybridized carbons (Fsp3) is 0.250. The molecule has 116 valence electrons. The average Bonchev–Trinajstić information content (AvgIpc) is 2.98. The zero-order chi connectivity index (χ0) is 16.1. The van der Waals surface area contributed by atoms with Gasteiger partial charge in [0.2, 0.25) is 0 Å². The van der Waals surface area contributed by atoms with E-state index in [1.165, 1.54) is 0 Å². The van der Waals surface area contributed by atoms with E-state index in [4.69, 9.17) is 27.9 Å². The molecule has 0 fully saturated rings. The number of hydrogen-bond acceptors (Lipinski definition) is 3. The summed E-state index contributed by atoms with van der Waals surface area (Å²) in [6.45, 7) is 3.92. The standard InChI is InChI=1S/C16H16Cl2N2O2/c1-3-11(2)16(21)22-15(9-20-7-6-19-10-20)13-5-4-12(17)8-14(13)18/h3-8,10,15H,9H2,1-2H3. The molecular weight excluding hydrogens is 323 g/mol. The topological polar surface area (TPSA) is 44.1 Å². The minimum absolute atomic E-state index is 0.376. The van der Waals surface area contributed by atoms with E-state index in [1.807, 2.05) is 4.57 Å². The van der Waals surface area contributed by atoms with Crippen LogP contribution in [0.5, 0.6) is 0 Å². The number of esters is 1. The van der Waals surface area contributed by atoms with Crippen molar-refractivity contribution in [2.24, 2.45) is 0 Å². The molecule has 0 saturated carbocycles. The lowest BCUT2D eigenvalue weighted by Gasteiger charge is -2.20. The molecule has 22 heavy (non-hydrogen) atoms. The van der Waals surface area contributed by atoms with Gasteiger partial charge in [0.15, 0.2) is 0 Å². The Bertz CT molecular complexity index is 681. The van der Waals surface area contributed by atoms with Crippen molar-refractivity contribution in [3.05, 3.63) is 64.2 Å². The van der Waals surface area contributed by atoms with Gasteiger partial charge < -0.3 is 9.30 Å². The Morgan fingerprint density at radius 2 is 2.23 bits per heavy atom. The quantitative estimate of drug-likeness (QED) is 0.597. The predicted molar refractivity (Wildman–Crippen MR) is 87.0 cm³/mol. The smallest absolute Gasteiger partial charge is 0.334 e. The van der Waals surface area contributed by atoms with Gasteiger partial charge in [0, 0.05) is 33.6 Å². The summed E-state index contributed by atoms with van der Waals surface area (Å²) in [4.78, 5) is 16.1. The van der Waals surface area contributed by atoms with Crippen molar-refractivity contribution in [1.82, 2.24) is 9.55 Å². The first-order chi connectivity index (χ1) is 10.5. The van der Waals surface area contributed by atoms with Crippen molar-refractivity contribution < 1.29 is 9.53 Å². The van der Waals surface area contributed by atoms with E-state index in [1.54, 1.807) is 56.8 Å². The highest BCUT2D eigenvalue weighted by molar-refractivity contribution is 6.35. The van der Waals surface area contributed by atoms with Crippen LogP contribution in [0.4, 0.5) is 0 Å². The molecule has 0 aliphatic rings. The van der Waals surface area contributed by atoms with E-state index in [0.717, 1.165) is 0 Å². The molecule has 2 aromatic rings. The van der Waals surface area contributed by atoms with Crippen molar-refractivity contribution in [1.29, 1.82) is 0 Å². The van der Waals surface area contributed by atoms with Crippen molar-refractivity contribution in [3.63, 3.8) is 0 Å². The number of carbonyl (C=O) groups excluding carboxylic acids is 1. The van der Waals surface area contributed by atoms with Crippen LogP contribution in [0.15, 0.2) is 48.6 Å². The Labute approximate surface area is 139 Å². The molecule has 1 aromatic heterocycles. The van der Waals surface area contributed by atoms with Gasteiger partial charge in [0.05, 0.1) is 12.9 Å². The van der Waals surface area contributed by atoms with Crippen molar-refractivity contribution in [3.8, 4) is 0 Å². The summed E-state index contributed by atoms with van der Waals surface area (Å²) < 4.78 is 7.43. The van der Waals surface area contributed by atoms with Gasteiger partial charge in [0.1, 0.15) is 6.10 Å². The van der Waals surface area contributed by atoms with Crippen LogP contribution in [-0.4, -0.2) is 15.5 Å². The number of halogens is 2. The third-order valence-electron chi connectivity index (χ3n) is 3.25. The lowest BCUT2D eigenvalue weighted by molar-refractivity contribution is -0.145. The number of rotatable bonds is 5. The molecule has 0 bridgehead atoms. The summed E-state index contributed by atoms with van der Waals surface area (Å²) in [5.74, 6) is -0.376. The van der Waals surface area contributed by atoms with Crippen LogP contribution >= 0.6 is 23.2 Å². The summed E-state index contributed by atoms with van der Waals surface area (Å²) in [5, 5.41) is 0.995. The molecular formula is C16H16Cl2N2O2. The van der Waals surface area contributed by atoms with Crippen LogP contribution in [0.25, 0.3) is 0 Å². The molecule has 1 unspecified atom stereocenters. The maximum Gasteiger partial charge on any atom is 0.334 e. The Morgan fingerprint density at radius 1 is 1.45 bits per heavy atom. The molecule has 0 saturated heterocycles. The number of hydrogen-bond donors (Lipinski definition) is 0. The maximum atomic E-state index is 12.1. The van der Waals surface area contributed by atoms with Gasteiger partial charge >= 0.3 is 5.97 Å². The third-order valence-corrected chi connectivity index (χ3v) is 3.81. The highest BCUT2D eigenvalue weighted by Crippen LogP contribution is 2.30. The average molecular weight is 339 g/mol. The van der Waals surface area contributed by atoms with Crippen molar-refractivity contribution >= 4 is 29.2 Å². The first-order valence-corrected chi connectivity index (χ1v) is 7.51. The SMILES string of the molecule is CC=C(C)C(=O)OC(Cn1ccnc1)c1ccc(Cl)cc1Cl. The first kappa shape index (κ1) is 16.6. The molecule has 0 radical (unpaired) electrons. The van der Waals surface area contributed by atoms with Gasteiger partial charge in [0.25, 0.3) is 0 Å². The van der Waals surface area contributed by atoms with E-state index >= 15 is 0 Å². The van der Waals surface area contributed by atoms with Gasteiger partial charge in [-0.15, -0.1) is 0 Å². The van der Waals surface area contributed by atoms with Gasteiger partial charge in [-0.1, -0.05) is 35.3 Å². The Kier molecular flexibility index (Phi) is 5.63. The Morgan fingerprint density at radius 3 is 2.82 bits per heavy atom. The third kappa shape index (κ3) is 4.12. The lowest BCUT2D eigenvalue weighted by Crippen LogP contribution is -2.17. The fourth-order valence-electron chi connectivity index (χ4n) is 1.89. The zero-order valence-corrected chi connectivity index (χ0v) is 13.8. The molecule has 0 N–H and O–H groups in total. The highest BCUT2D eigenvalue weighted by Gasteiger charge is 2.21. The van der Waals surface area contributed by atoms with Gasteiger partial charge in [-0.2, -0.15) is 0 Å². The summed E-state index contributed by atoms with van der Waals surface area (Å²) in [5.41, 5.74) is 1.25. The second-order valence-electron chi connectivity index (χ2n) is 4.79. The molecule has 6 heteroatoms. The van der Waals surface area contributed by atoms with Crippen molar-refractivity contribution in [2.75, 3.05) is 0 Å². The van der Waals surface area contributed by atoms with Crippen LogP contribution in [0.2, 0.25) is 10.0 Å². The van der Waals surface area contributed by atoms with E-state index in [0.29, 0.717) is 27.7 Å². The first-order valence-electron chi connectivity index (χ1n) is 6.76. The number of ether oxygens (including phenoxy) is 1. The van der Waals surface area contributed by atoms with Crippen molar-refractivity contribution in [2.45, 2.75) is 26.5 Å². The minimum Gasteiger partial charge on any atom is -0.452 e. The molecule has 0 aliphatic heterocycles. The summed E-state index contributed by atoms with van der Waals surface area (Å²) in [6.07, 6.45) is 6.31. The zero-order valence-electron chi connectivity index (χ0n) is 12.3. The number of aromatic nitrogens is 2. The summed E-state index contributed by atoms with van der Waals surface area (Å²) in [7, 11) is 0. The highest BCUT2D eigenvalue weighted by atomic mass is 35.5. The predicted octanol–water partition coefficient (Wildman–Crippen LogP) is 4.44. The normalized spacial score (nSPS) is 13.0. The Balaban J connectivity index is 2.30. The molecule has 0 spiro atoms. The summed E-state index contributed by atoms with van der Waals surface area (Å²) >= 11 is 12.2. The molecule has 4 nitrogen and oxygen atoms in total. The number of carbonyl (C=O) groups is 1. The summed E-state index contributed by atoms with van der Waals surface area (Å²) in [6, 6.07) is 5.13. The minimum atomic E-state index is -0.527. The van der Waals surface area contributed by atoms with E-state index in [-0.39, 0.29) is 5.97 Å². The maximum absolute atomic E-state index is 12.1. The van der Waals surface area contributed by atoms with Crippen LogP contribution in [0, 0.1) is 0 Å². The largest absolute Gasteiger partial charge is 0.452 e. The van der Waals surface area contributed by atoms with Crippen LogP contribution in [-0.2, 0) is 16.1 Å². The fourth-order valence-corrected chi connectivity index (χ4v) is 2.42. The molecule has 1 heterocycles. The lowest BCUT2D eigenvalue weighted by atomic mass is 10.1. The Hall–Kier alpha value is -1.78.